The molecule has 2 rings (SSSR count). The first-order chi connectivity index (χ1) is 12.0. The van der Waals surface area contributed by atoms with Crippen molar-refractivity contribution < 1.29 is 24.2 Å². The van der Waals surface area contributed by atoms with Gasteiger partial charge in [0.1, 0.15) is 12.6 Å². The van der Waals surface area contributed by atoms with Gasteiger partial charge in [0.25, 0.3) is 6.47 Å². The number of benzene rings is 1. The average Bonchev–Trinajstić information content (AvgIpc) is 2.58. The molecule has 2 amide bonds. The van der Waals surface area contributed by atoms with Crippen molar-refractivity contribution in [1.82, 2.24) is 9.80 Å². The predicted molar refractivity (Wildman–Crippen MR) is 93.2 cm³/mol. The fourth-order valence-electron chi connectivity index (χ4n) is 2.54. The summed E-state index contributed by atoms with van der Waals surface area (Å²) < 4.78 is 5.27. The molecule has 1 aromatic carbocycles. The van der Waals surface area contributed by atoms with E-state index in [0.29, 0.717) is 31.3 Å². The summed E-state index contributed by atoms with van der Waals surface area (Å²) in [6.45, 7) is 5.34. The minimum atomic E-state index is -0.468. The predicted octanol–water partition coefficient (Wildman–Crippen LogP) is 1.64. The van der Waals surface area contributed by atoms with E-state index in [-0.39, 0.29) is 24.8 Å². The molecule has 25 heavy (non-hydrogen) atoms. The maximum Gasteiger partial charge on any atom is 0.290 e. The number of nitrogens with zero attached hydrogens (tertiary/aromatic N) is 2. The molecule has 1 atom stereocenters. The number of carbonyl (C=O) groups excluding carboxylic acids is 2. The monoisotopic (exact) mass is 370 g/mol. The molecule has 0 unspecified atom stereocenters. The second-order valence-corrected chi connectivity index (χ2v) is 5.76. The second-order valence-electron chi connectivity index (χ2n) is 5.35. The Bertz CT molecular complexity index is 596. The Morgan fingerprint density at radius 2 is 2.00 bits per heavy atom. The minimum Gasteiger partial charge on any atom is -0.483 e. The summed E-state index contributed by atoms with van der Waals surface area (Å²) in [4.78, 5) is 36.3. The van der Waals surface area contributed by atoms with Gasteiger partial charge in [-0.15, -0.1) is 0 Å². The van der Waals surface area contributed by atoms with Gasteiger partial charge in [-0.2, -0.15) is 0 Å². The van der Waals surface area contributed by atoms with Crippen molar-refractivity contribution in [2.24, 2.45) is 0 Å². The molecule has 1 aliphatic heterocycles. The highest BCUT2D eigenvalue weighted by Gasteiger charge is 2.36. The van der Waals surface area contributed by atoms with E-state index in [1.54, 1.807) is 22.8 Å². The van der Waals surface area contributed by atoms with Gasteiger partial charge < -0.3 is 19.6 Å². The van der Waals surface area contributed by atoms with Crippen LogP contribution in [0.2, 0.25) is 5.02 Å². The number of halogens is 1. The summed E-state index contributed by atoms with van der Waals surface area (Å²) in [5, 5.41) is 7.49. The Labute approximate surface area is 152 Å². The Balaban J connectivity index is 0.000000970. The zero-order chi connectivity index (χ0) is 18.8. The van der Waals surface area contributed by atoms with Crippen LogP contribution in [-0.4, -0.2) is 65.5 Å². The molecule has 0 saturated carbocycles. The Morgan fingerprint density at radius 3 is 2.60 bits per heavy atom. The molecule has 0 radical (unpaired) electrons. The lowest BCUT2D eigenvalue weighted by Crippen LogP contribution is -2.59. The van der Waals surface area contributed by atoms with Gasteiger partial charge in [0, 0.05) is 24.7 Å². The van der Waals surface area contributed by atoms with Crippen molar-refractivity contribution in [1.29, 1.82) is 0 Å². The van der Waals surface area contributed by atoms with Crippen molar-refractivity contribution in [3.8, 4) is 0 Å². The lowest BCUT2D eigenvalue weighted by molar-refractivity contribution is -0.156. The van der Waals surface area contributed by atoms with Crippen LogP contribution in [0.5, 0.6) is 0 Å². The Morgan fingerprint density at radius 1 is 1.36 bits per heavy atom. The molecule has 8 heteroatoms. The molecular formula is C17H23ClN2O5. The highest BCUT2D eigenvalue weighted by molar-refractivity contribution is 6.31. The van der Waals surface area contributed by atoms with Crippen molar-refractivity contribution in [2.75, 3.05) is 26.3 Å². The van der Waals surface area contributed by atoms with Crippen LogP contribution in [0.1, 0.15) is 19.4 Å². The number of ether oxygens (including phenoxy) is 1. The number of rotatable bonds is 6. The summed E-state index contributed by atoms with van der Waals surface area (Å²) in [5.41, 5.74) is 0.847. The second kappa shape index (κ2) is 10.7. The van der Waals surface area contributed by atoms with E-state index in [9.17, 15) is 9.59 Å². The molecule has 138 valence electrons. The van der Waals surface area contributed by atoms with E-state index >= 15 is 0 Å². The average molecular weight is 371 g/mol. The van der Waals surface area contributed by atoms with Gasteiger partial charge in [-0.05, 0) is 25.5 Å². The Hall–Kier alpha value is -2.12. The van der Waals surface area contributed by atoms with E-state index in [4.69, 9.17) is 26.2 Å². The number of amides is 2. The van der Waals surface area contributed by atoms with Gasteiger partial charge >= 0.3 is 0 Å². The van der Waals surface area contributed by atoms with Crippen LogP contribution in [0.25, 0.3) is 0 Å². The zero-order valence-electron chi connectivity index (χ0n) is 14.4. The summed E-state index contributed by atoms with van der Waals surface area (Å²) in [6, 6.07) is 6.89. The first-order valence-electron chi connectivity index (χ1n) is 7.93. The summed E-state index contributed by atoms with van der Waals surface area (Å²) in [6.07, 6.45) is 0. The summed E-state index contributed by atoms with van der Waals surface area (Å²) in [7, 11) is 0. The van der Waals surface area contributed by atoms with Crippen LogP contribution in [0.4, 0.5) is 0 Å². The molecule has 1 N–H and O–H groups in total. The Kier molecular flexibility index (Phi) is 8.94. The fourth-order valence-corrected chi connectivity index (χ4v) is 2.73. The molecule has 1 aromatic rings. The van der Waals surface area contributed by atoms with Crippen molar-refractivity contribution >= 4 is 29.9 Å². The molecule has 0 spiro atoms. The molecular weight excluding hydrogens is 348 g/mol. The van der Waals surface area contributed by atoms with Crippen LogP contribution in [-0.2, 0) is 25.7 Å². The van der Waals surface area contributed by atoms with Crippen LogP contribution in [0, 0.1) is 0 Å². The largest absolute Gasteiger partial charge is 0.483 e. The molecule has 1 fully saturated rings. The molecule has 7 nitrogen and oxygen atoms in total. The van der Waals surface area contributed by atoms with Gasteiger partial charge in [-0.25, -0.2) is 0 Å². The van der Waals surface area contributed by atoms with Crippen LogP contribution < -0.4 is 0 Å². The summed E-state index contributed by atoms with van der Waals surface area (Å²) >= 11 is 6.13. The first-order valence-corrected chi connectivity index (χ1v) is 8.31. The van der Waals surface area contributed by atoms with Gasteiger partial charge in [-0.1, -0.05) is 29.8 Å². The highest BCUT2D eigenvalue weighted by atomic mass is 35.5. The normalized spacial score (nSPS) is 17.2. The smallest absolute Gasteiger partial charge is 0.290 e. The maximum absolute atomic E-state index is 12.5. The van der Waals surface area contributed by atoms with Crippen LogP contribution in [0.3, 0.4) is 0 Å². The fraction of sp³-hybridized carbons (Fsp3) is 0.471. The number of piperazine rings is 1. The topological polar surface area (TPSA) is 87.2 Å². The van der Waals surface area contributed by atoms with Crippen molar-refractivity contribution in [2.45, 2.75) is 26.4 Å². The lowest BCUT2D eigenvalue weighted by Gasteiger charge is -2.38. The van der Waals surface area contributed by atoms with Crippen LogP contribution >= 0.6 is 11.6 Å². The molecule has 1 heterocycles. The quantitative estimate of drug-likeness (QED) is 0.607. The van der Waals surface area contributed by atoms with E-state index in [2.05, 4.69) is 0 Å². The van der Waals surface area contributed by atoms with Crippen molar-refractivity contribution in [3.05, 3.63) is 34.9 Å². The number of carboxylic acid groups (broad SMARTS) is 1. The van der Waals surface area contributed by atoms with Gasteiger partial charge in [0.15, 0.2) is 0 Å². The maximum atomic E-state index is 12.5. The summed E-state index contributed by atoms with van der Waals surface area (Å²) in [5.74, 6) is -0.116. The third-order valence-corrected chi connectivity index (χ3v) is 4.15. The minimum absolute atomic E-state index is 0.0566. The van der Waals surface area contributed by atoms with E-state index in [0.717, 1.165) is 5.56 Å². The molecule has 0 aromatic heterocycles. The van der Waals surface area contributed by atoms with Crippen LogP contribution in [0.15, 0.2) is 24.3 Å². The molecule has 1 aliphatic rings. The number of hydrogen-bond donors (Lipinski definition) is 1. The lowest BCUT2D eigenvalue weighted by atomic mass is 10.1. The molecule has 1 saturated heterocycles. The third-order valence-electron chi connectivity index (χ3n) is 3.78. The van der Waals surface area contributed by atoms with Gasteiger partial charge in [0.2, 0.25) is 11.8 Å². The van der Waals surface area contributed by atoms with E-state index < -0.39 is 6.04 Å². The van der Waals surface area contributed by atoms with E-state index in [1.165, 1.54) is 0 Å². The number of hydrogen-bond acceptors (Lipinski definition) is 4. The molecule has 0 aliphatic carbocycles. The molecule has 0 bridgehead atoms. The van der Waals surface area contributed by atoms with Gasteiger partial charge in [-0.3, -0.25) is 14.4 Å². The highest BCUT2D eigenvalue weighted by Crippen LogP contribution is 2.20. The first kappa shape index (κ1) is 20.9. The number of carbonyl (C=O) groups is 3. The van der Waals surface area contributed by atoms with Crippen molar-refractivity contribution in [3.63, 3.8) is 0 Å². The third kappa shape index (κ3) is 6.03. The van der Waals surface area contributed by atoms with E-state index in [1.807, 2.05) is 25.1 Å². The zero-order valence-corrected chi connectivity index (χ0v) is 15.1. The standard InChI is InChI=1S/C16H21ClN2O3.CH2O2/c1-3-22-9-8-19-12(2)16(21)18(11-15(19)20)10-13-6-4-5-7-14(13)17;2-1-3/h4-7,12H,3,8-11H2,1-2H3;1H,(H,2,3)/t12-;/m0./s1. The SMILES string of the molecule is CCOCCN1C(=O)CN(Cc2ccccc2Cl)C(=O)[C@@H]1C.O=CO. The van der Waals surface area contributed by atoms with Gasteiger partial charge in [0.05, 0.1) is 6.61 Å².